The maximum atomic E-state index is 13.4. The maximum absolute atomic E-state index is 13.4. The molecular weight excluding hydrogens is 378 g/mol. The number of rotatable bonds is 4. The topological polar surface area (TPSA) is 70.2 Å². The molecule has 10 heteroatoms. The molecule has 1 aliphatic heterocycles. The molecule has 0 spiro atoms. The van der Waals surface area contributed by atoms with Crippen LogP contribution in [0.2, 0.25) is 5.02 Å². The van der Waals surface area contributed by atoms with Gasteiger partial charge in [-0.25, -0.2) is 9.18 Å². The van der Waals surface area contributed by atoms with Crippen LogP contribution in [0.5, 0.6) is 0 Å². The molecule has 5 nitrogen and oxygen atoms in total. The van der Waals surface area contributed by atoms with E-state index in [1.807, 2.05) is 0 Å². The van der Waals surface area contributed by atoms with Crippen molar-refractivity contribution >= 4 is 23.5 Å². The van der Waals surface area contributed by atoms with Crippen molar-refractivity contribution in [2.45, 2.75) is 31.1 Å². The van der Waals surface area contributed by atoms with E-state index in [2.05, 4.69) is 16.0 Å². The van der Waals surface area contributed by atoms with Crippen LogP contribution >= 0.6 is 11.6 Å². The van der Waals surface area contributed by atoms with Crippen LogP contribution in [-0.4, -0.2) is 30.7 Å². The fraction of sp³-hybridized carbons (Fsp3) is 0.500. The Hall–Kier alpha value is -2.03. The molecule has 3 rings (SSSR count). The number of benzene rings is 1. The van der Waals surface area contributed by atoms with Crippen LogP contribution in [0.1, 0.15) is 24.4 Å². The van der Waals surface area contributed by atoms with Gasteiger partial charge in [0.2, 0.25) is 5.91 Å². The van der Waals surface area contributed by atoms with E-state index >= 15 is 0 Å². The summed E-state index contributed by atoms with van der Waals surface area (Å²) < 4.78 is 53.0. The lowest BCUT2D eigenvalue weighted by Gasteiger charge is -2.43. The third-order valence-electron chi connectivity index (χ3n) is 4.87. The zero-order chi connectivity index (χ0) is 19.1. The van der Waals surface area contributed by atoms with Crippen molar-refractivity contribution in [2.75, 3.05) is 6.54 Å². The Morgan fingerprint density at radius 1 is 1.31 bits per heavy atom. The summed E-state index contributed by atoms with van der Waals surface area (Å²) in [5, 5.41) is 7.12. The smallest absolute Gasteiger partial charge is 0.347 e. The van der Waals surface area contributed by atoms with Crippen molar-refractivity contribution < 1.29 is 27.2 Å². The van der Waals surface area contributed by atoms with Crippen molar-refractivity contribution in [3.63, 3.8) is 0 Å². The third-order valence-corrected chi connectivity index (χ3v) is 5.16. The summed E-state index contributed by atoms with van der Waals surface area (Å²) in [6.07, 6.45) is -4.16. The number of amides is 3. The standard InChI is InChI=1S/C16H16ClF4N3O2/c17-10-5-7(1-4-11(10)18)13(8-2-3-9(8)16(19,20)21)24-14(25)12-6-22-15(26)23-12/h1,4-5,8-9,12-13H,2-3,6H2,(H,24,25)(H2,22,23,26)/t8-,9-,12+,13?/m1/s1. The Kier molecular flexibility index (Phi) is 5.01. The predicted molar refractivity (Wildman–Crippen MR) is 84.9 cm³/mol. The SMILES string of the molecule is O=C1NC[C@@H](C(=O)NC(c2ccc(F)c(Cl)c2)[C@@H]2CC[C@H]2C(F)(F)F)N1. The molecule has 0 aromatic heterocycles. The molecule has 0 bridgehead atoms. The Bertz CT molecular complexity index is 728. The molecular formula is C16H16ClF4N3O2. The summed E-state index contributed by atoms with van der Waals surface area (Å²) in [5.74, 6) is -3.76. The number of urea groups is 1. The summed E-state index contributed by atoms with van der Waals surface area (Å²) in [5.41, 5.74) is 0.293. The number of carbonyl (C=O) groups is 2. The minimum atomic E-state index is -4.39. The third kappa shape index (κ3) is 3.72. The van der Waals surface area contributed by atoms with E-state index in [0.29, 0.717) is 5.56 Å². The first-order valence-corrected chi connectivity index (χ1v) is 8.41. The van der Waals surface area contributed by atoms with Gasteiger partial charge in [0.15, 0.2) is 0 Å². The van der Waals surface area contributed by atoms with Gasteiger partial charge in [-0.15, -0.1) is 0 Å². The van der Waals surface area contributed by atoms with Crippen molar-refractivity contribution in [1.82, 2.24) is 16.0 Å². The van der Waals surface area contributed by atoms with Crippen molar-refractivity contribution in [2.24, 2.45) is 11.8 Å². The summed E-state index contributed by atoms with van der Waals surface area (Å²) >= 11 is 5.76. The van der Waals surface area contributed by atoms with Gasteiger partial charge in [0.05, 0.1) is 17.0 Å². The van der Waals surface area contributed by atoms with Crippen molar-refractivity contribution in [1.29, 1.82) is 0 Å². The van der Waals surface area contributed by atoms with Gasteiger partial charge in [-0.2, -0.15) is 13.2 Å². The number of halogens is 5. The summed E-state index contributed by atoms with van der Waals surface area (Å²) in [6, 6.07) is 1.19. The number of hydrogen-bond acceptors (Lipinski definition) is 2. The molecule has 0 radical (unpaired) electrons. The first-order chi connectivity index (χ1) is 12.2. The monoisotopic (exact) mass is 393 g/mol. The average molecular weight is 394 g/mol. The van der Waals surface area contributed by atoms with Crippen molar-refractivity contribution in [3.8, 4) is 0 Å². The number of carbonyl (C=O) groups excluding carboxylic acids is 2. The maximum Gasteiger partial charge on any atom is 0.392 e. The van der Waals surface area contributed by atoms with Gasteiger partial charge in [0.1, 0.15) is 11.9 Å². The molecule has 2 aliphatic rings. The Morgan fingerprint density at radius 3 is 2.54 bits per heavy atom. The minimum Gasteiger partial charge on any atom is -0.347 e. The van der Waals surface area contributed by atoms with Gasteiger partial charge >= 0.3 is 12.2 Å². The second-order valence-corrected chi connectivity index (χ2v) is 6.86. The molecule has 2 fully saturated rings. The van der Waals surface area contributed by atoms with Crippen LogP contribution in [-0.2, 0) is 4.79 Å². The fourth-order valence-electron chi connectivity index (χ4n) is 3.34. The van der Waals surface area contributed by atoms with E-state index in [4.69, 9.17) is 11.6 Å². The lowest BCUT2D eigenvalue weighted by atomic mass is 9.67. The predicted octanol–water partition coefficient (Wildman–Crippen LogP) is 2.91. The van der Waals surface area contributed by atoms with Crippen LogP contribution < -0.4 is 16.0 Å². The first kappa shape index (κ1) is 18.8. The molecule has 4 atom stereocenters. The highest BCUT2D eigenvalue weighted by atomic mass is 35.5. The van der Waals surface area contributed by atoms with Crippen LogP contribution in [0.25, 0.3) is 0 Å². The van der Waals surface area contributed by atoms with Gasteiger partial charge < -0.3 is 16.0 Å². The van der Waals surface area contributed by atoms with E-state index in [0.717, 1.165) is 6.07 Å². The van der Waals surface area contributed by atoms with Crippen LogP contribution in [0.4, 0.5) is 22.4 Å². The lowest BCUT2D eigenvalue weighted by Crippen LogP contribution is -2.50. The van der Waals surface area contributed by atoms with Crippen LogP contribution in [0.15, 0.2) is 18.2 Å². The molecule has 1 saturated carbocycles. The second kappa shape index (κ2) is 6.94. The van der Waals surface area contributed by atoms with Gasteiger partial charge in [-0.3, -0.25) is 4.79 Å². The molecule has 1 saturated heterocycles. The Labute approximate surface area is 151 Å². The summed E-state index contributed by atoms with van der Waals surface area (Å²) in [6.45, 7) is 0.0366. The quantitative estimate of drug-likeness (QED) is 0.688. The largest absolute Gasteiger partial charge is 0.392 e. The van der Waals surface area contributed by atoms with Crippen LogP contribution in [0.3, 0.4) is 0 Å². The van der Waals surface area contributed by atoms with Crippen molar-refractivity contribution in [3.05, 3.63) is 34.6 Å². The van der Waals surface area contributed by atoms with E-state index in [1.165, 1.54) is 12.1 Å². The molecule has 1 heterocycles. The Balaban J connectivity index is 1.85. The molecule has 26 heavy (non-hydrogen) atoms. The minimum absolute atomic E-state index is 0.0306. The van der Waals surface area contributed by atoms with Gasteiger partial charge in [0, 0.05) is 6.54 Å². The highest BCUT2D eigenvalue weighted by Crippen LogP contribution is 2.51. The van der Waals surface area contributed by atoms with Gasteiger partial charge in [-0.05, 0) is 36.5 Å². The summed E-state index contributed by atoms with van der Waals surface area (Å²) in [4.78, 5) is 23.5. The number of alkyl halides is 3. The lowest BCUT2D eigenvalue weighted by molar-refractivity contribution is -0.217. The fourth-order valence-corrected chi connectivity index (χ4v) is 3.53. The molecule has 3 N–H and O–H groups in total. The normalized spacial score (nSPS) is 26.5. The molecule has 3 amide bonds. The molecule has 142 valence electrons. The average Bonchev–Trinajstić information content (AvgIpc) is 2.93. The highest BCUT2D eigenvalue weighted by molar-refractivity contribution is 6.30. The molecule has 1 aromatic rings. The van der Waals surface area contributed by atoms with E-state index < -0.39 is 47.9 Å². The molecule has 1 aliphatic carbocycles. The van der Waals surface area contributed by atoms with Crippen LogP contribution in [0, 0.1) is 17.7 Å². The zero-order valence-corrected chi connectivity index (χ0v) is 14.1. The van der Waals surface area contributed by atoms with E-state index in [1.54, 1.807) is 0 Å². The molecule has 1 aromatic carbocycles. The zero-order valence-electron chi connectivity index (χ0n) is 13.4. The van der Waals surface area contributed by atoms with Gasteiger partial charge in [0.25, 0.3) is 0 Å². The molecule has 1 unspecified atom stereocenters. The summed E-state index contributed by atoms with van der Waals surface area (Å²) in [7, 11) is 0. The van der Waals surface area contributed by atoms with E-state index in [-0.39, 0.29) is 24.4 Å². The Morgan fingerprint density at radius 2 is 2.04 bits per heavy atom. The van der Waals surface area contributed by atoms with Gasteiger partial charge in [-0.1, -0.05) is 17.7 Å². The number of nitrogens with one attached hydrogen (secondary N) is 3. The van der Waals surface area contributed by atoms with E-state index in [9.17, 15) is 27.2 Å². The number of hydrogen-bond donors (Lipinski definition) is 3. The second-order valence-electron chi connectivity index (χ2n) is 6.46. The highest BCUT2D eigenvalue weighted by Gasteiger charge is 2.53. The first-order valence-electron chi connectivity index (χ1n) is 8.03.